The highest BCUT2D eigenvalue weighted by molar-refractivity contribution is 6.34. The predicted molar refractivity (Wildman–Crippen MR) is 58.0 cm³/mol. The van der Waals surface area contributed by atoms with Gasteiger partial charge in [0.1, 0.15) is 11.0 Å². The Morgan fingerprint density at radius 3 is 2.87 bits per heavy atom. The number of hydrogen-bond donors (Lipinski definition) is 0. The van der Waals surface area contributed by atoms with Crippen molar-refractivity contribution in [1.29, 1.82) is 0 Å². The minimum atomic E-state index is -0.357. The van der Waals surface area contributed by atoms with E-state index in [0.29, 0.717) is 34.5 Å². The Bertz CT molecular complexity index is 533. The fourth-order valence-corrected chi connectivity index (χ4v) is 2.12. The van der Waals surface area contributed by atoms with Crippen LogP contribution in [-0.2, 0) is 6.54 Å². The van der Waals surface area contributed by atoms with Crippen LogP contribution >= 0.6 is 11.6 Å². The highest BCUT2D eigenvalue weighted by Gasteiger charge is 2.16. The van der Waals surface area contributed by atoms with Gasteiger partial charge in [0.25, 0.3) is 0 Å². The molecule has 0 N–H and O–H groups in total. The van der Waals surface area contributed by atoms with Crippen molar-refractivity contribution in [3.8, 4) is 0 Å². The van der Waals surface area contributed by atoms with E-state index in [-0.39, 0.29) is 5.82 Å². The summed E-state index contributed by atoms with van der Waals surface area (Å²) in [5.41, 5.74) is 0.750. The van der Waals surface area contributed by atoms with E-state index in [1.807, 2.05) is 6.92 Å². The van der Waals surface area contributed by atoms with Gasteiger partial charge in [-0.25, -0.2) is 4.39 Å². The lowest BCUT2D eigenvalue weighted by Crippen LogP contribution is -1.95. The number of halogens is 2. The van der Waals surface area contributed by atoms with Crippen LogP contribution in [0.4, 0.5) is 4.39 Å². The lowest BCUT2D eigenvalue weighted by atomic mass is 10.2. The molecule has 15 heavy (non-hydrogen) atoms. The molecule has 0 aliphatic rings. The first-order chi connectivity index (χ1) is 7.20. The van der Waals surface area contributed by atoms with Gasteiger partial charge in [-0.2, -0.15) is 0 Å². The predicted octanol–water partition coefficient (Wildman–Crippen LogP) is 3.27. The molecular formula is C11H9ClFNO. The lowest BCUT2D eigenvalue weighted by molar-refractivity contribution is 0.112. The molecule has 0 unspecified atom stereocenters. The van der Waals surface area contributed by atoms with Gasteiger partial charge in [0, 0.05) is 11.9 Å². The van der Waals surface area contributed by atoms with Gasteiger partial charge in [-0.15, -0.1) is 0 Å². The molecule has 4 heteroatoms. The molecule has 0 amide bonds. The third-order valence-electron chi connectivity index (χ3n) is 2.44. The number of aromatic nitrogens is 1. The maximum absolute atomic E-state index is 13.6. The SMILES string of the molecule is CCn1c(Cl)c(C=O)c2cccc(F)c21. The molecular weight excluding hydrogens is 217 g/mol. The summed E-state index contributed by atoms with van der Waals surface area (Å²) in [4.78, 5) is 10.9. The molecule has 0 radical (unpaired) electrons. The zero-order valence-electron chi connectivity index (χ0n) is 8.13. The molecule has 1 heterocycles. The average Bonchev–Trinajstić information content (AvgIpc) is 2.51. The molecule has 0 atom stereocenters. The summed E-state index contributed by atoms with van der Waals surface area (Å²) >= 11 is 5.99. The van der Waals surface area contributed by atoms with E-state index in [9.17, 15) is 9.18 Å². The Kier molecular flexibility index (Phi) is 2.49. The van der Waals surface area contributed by atoms with Crippen LogP contribution in [0.3, 0.4) is 0 Å². The van der Waals surface area contributed by atoms with E-state index < -0.39 is 0 Å². The summed E-state index contributed by atoms with van der Waals surface area (Å²) in [5.74, 6) is -0.357. The number of rotatable bonds is 2. The quantitative estimate of drug-likeness (QED) is 0.719. The second kappa shape index (κ2) is 3.66. The Balaban J connectivity index is 2.98. The summed E-state index contributed by atoms with van der Waals surface area (Å²) in [6, 6.07) is 4.63. The van der Waals surface area contributed by atoms with Crippen LogP contribution in [0.15, 0.2) is 18.2 Å². The lowest BCUT2D eigenvalue weighted by Gasteiger charge is -2.02. The van der Waals surface area contributed by atoms with Gasteiger partial charge in [-0.3, -0.25) is 4.79 Å². The molecule has 1 aromatic carbocycles. The molecule has 2 aromatic rings. The molecule has 0 aliphatic heterocycles. The van der Waals surface area contributed by atoms with Gasteiger partial charge in [0.15, 0.2) is 6.29 Å². The smallest absolute Gasteiger partial charge is 0.153 e. The van der Waals surface area contributed by atoms with Gasteiger partial charge in [-0.05, 0) is 13.0 Å². The first kappa shape index (κ1) is 10.2. The summed E-state index contributed by atoms with van der Waals surface area (Å²) in [6.07, 6.45) is 0.663. The van der Waals surface area contributed by atoms with Crippen LogP contribution in [0.25, 0.3) is 10.9 Å². The summed E-state index contributed by atoms with van der Waals surface area (Å²) in [5, 5.41) is 0.865. The molecule has 78 valence electrons. The van der Waals surface area contributed by atoms with Crippen molar-refractivity contribution in [1.82, 2.24) is 4.57 Å². The van der Waals surface area contributed by atoms with Crippen molar-refractivity contribution in [2.75, 3.05) is 0 Å². The molecule has 0 saturated heterocycles. The third-order valence-corrected chi connectivity index (χ3v) is 2.85. The van der Waals surface area contributed by atoms with Crippen LogP contribution in [0.5, 0.6) is 0 Å². The van der Waals surface area contributed by atoms with E-state index in [1.165, 1.54) is 6.07 Å². The van der Waals surface area contributed by atoms with E-state index in [0.717, 1.165) is 0 Å². The maximum Gasteiger partial charge on any atom is 0.153 e. The van der Waals surface area contributed by atoms with Gasteiger partial charge >= 0.3 is 0 Å². The normalized spacial score (nSPS) is 10.9. The van der Waals surface area contributed by atoms with E-state index >= 15 is 0 Å². The first-order valence-electron chi connectivity index (χ1n) is 4.62. The Morgan fingerprint density at radius 1 is 1.53 bits per heavy atom. The summed E-state index contributed by atoms with van der Waals surface area (Å²) < 4.78 is 15.2. The van der Waals surface area contributed by atoms with Crippen molar-refractivity contribution >= 4 is 28.8 Å². The second-order valence-corrected chi connectivity index (χ2v) is 3.56. The van der Waals surface area contributed by atoms with E-state index in [4.69, 9.17) is 11.6 Å². The average molecular weight is 226 g/mol. The molecule has 1 aromatic heterocycles. The fourth-order valence-electron chi connectivity index (χ4n) is 1.77. The fraction of sp³-hybridized carbons (Fsp3) is 0.182. The Labute approximate surface area is 91.3 Å². The minimum Gasteiger partial charge on any atom is -0.329 e. The largest absolute Gasteiger partial charge is 0.329 e. The number of aryl methyl sites for hydroxylation is 1. The third kappa shape index (κ3) is 1.35. The molecule has 2 rings (SSSR count). The molecule has 2 nitrogen and oxygen atoms in total. The van der Waals surface area contributed by atoms with Crippen molar-refractivity contribution in [2.45, 2.75) is 13.5 Å². The van der Waals surface area contributed by atoms with Crippen LogP contribution in [-0.4, -0.2) is 10.9 Å². The Morgan fingerprint density at radius 2 is 2.27 bits per heavy atom. The molecule has 0 spiro atoms. The Hall–Kier alpha value is -1.35. The standard InChI is InChI=1S/C11H9ClFNO/c1-2-14-10-7(4-3-5-9(10)13)8(6-15)11(14)12/h3-6H,2H2,1H3. The van der Waals surface area contributed by atoms with Gasteiger partial charge in [0.05, 0.1) is 11.1 Å². The molecule has 0 aliphatic carbocycles. The maximum atomic E-state index is 13.6. The van der Waals surface area contributed by atoms with Crippen molar-refractivity contribution in [3.63, 3.8) is 0 Å². The number of benzene rings is 1. The highest BCUT2D eigenvalue weighted by Crippen LogP contribution is 2.30. The van der Waals surface area contributed by atoms with Crippen molar-refractivity contribution < 1.29 is 9.18 Å². The molecule has 0 saturated carbocycles. The van der Waals surface area contributed by atoms with Crippen LogP contribution < -0.4 is 0 Å². The zero-order chi connectivity index (χ0) is 11.0. The van der Waals surface area contributed by atoms with E-state index in [1.54, 1.807) is 16.7 Å². The van der Waals surface area contributed by atoms with Crippen molar-refractivity contribution in [2.24, 2.45) is 0 Å². The number of nitrogens with zero attached hydrogens (tertiary/aromatic N) is 1. The zero-order valence-corrected chi connectivity index (χ0v) is 8.88. The molecule has 0 fully saturated rings. The number of aldehydes is 1. The second-order valence-electron chi connectivity index (χ2n) is 3.20. The first-order valence-corrected chi connectivity index (χ1v) is 4.99. The van der Waals surface area contributed by atoms with Crippen LogP contribution in [0.2, 0.25) is 5.15 Å². The topological polar surface area (TPSA) is 22.0 Å². The van der Waals surface area contributed by atoms with Crippen LogP contribution in [0.1, 0.15) is 17.3 Å². The van der Waals surface area contributed by atoms with Crippen LogP contribution in [0, 0.1) is 5.82 Å². The minimum absolute atomic E-state index is 0.299. The number of carbonyl (C=O) groups is 1. The van der Waals surface area contributed by atoms with Gasteiger partial charge < -0.3 is 4.57 Å². The number of para-hydroxylation sites is 1. The number of hydrogen-bond acceptors (Lipinski definition) is 1. The van der Waals surface area contributed by atoms with Gasteiger partial charge in [-0.1, -0.05) is 23.7 Å². The van der Waals surface area contributed by atoms with E-state index in [2.05, 4.69) is 0 Å². The number of fused-ring (bicyclic) bond motifs is 1. The van der Waals surface area contributed by atoms with Crippen molar-refractivity contribution in [3.05, 3.63) is 34.7 Å². The number of carbonyl (C=O) groups excluding carboxylic acids is 1. The summed E-state index contributed by atoms with van der Waals surface area (Å²) in [7, 11) is 0. The monoisotopic (exact) mass is 225 g/mol. The highest BCUT2D eigenvalue weighted by atomic mass is 35.5. The van der Waals surface area contributed by atoms with Gasteiger partial charge in [0.2, 0.25) is 0 Å². The molecule has 0 bridgehead atoms. The summed E-state index contributed by atoms with van der Waals surface area (Å²) in [6.45, 7) is 2.39.